The van der Waals surface area contributed by atoms with Gasteiger partial charge in [-0.25, -0.2) is 9.37 Å². The monoisotopic (exact) mass is 296 g/mol. The van der Waals surface area contributed by atoms with Gasteiger partial charge < -0.3 is 9.73 Å². The molecule has 5 heteroatoms. The lowest BCUT2D eigenvalue weighted by Crippen LogP contribution is -2.11. The molecule has 1 amide bonds. The minimum absolute atomic E-state index is 0.168. The van der Waals surface area contributed by atoms with Crippen LogP contribution in [0.2, 0.25) is 0 Å². The van der Waals surface area contributed by atoms with Crippen LogP contribution in [-0.4, -0.2) is 10.9 Å². The van der Waals surface area contributed by atoms with Gasteiger partial charge in [0.05, 0.1) is 0 Å². The van der Waals surface area contributed by atoms with Crippen LogP contribution in [0.3, 0.4) is 0 Å². The maximum Gasteiger partial charge on any atom is 0.292 e. The zero-order valence-corrected chi connectivity index (χ0v) is 11.8. The van der Waals surface area contributed by atoms with E-state index in [-0.39, 0.29) is 17.5 Å². The zero-order chi connectivity index (χ0) is 15.5. The highest BCUT2D eigenvalue weighted by Crippen LogP contribution is 2.22. The predicted octanol–water partition coefficient (Wildman–Crippen LogP) is 4.04. The van der Waals surface area contributed by atoms with Crippen LogP contribution in [0.5, 0.6) is 0 Å². The average molecular weight is 296 g/mol. The summed E-state index contributed by atoms with van der Waals surface area (Å²) in [5, 5.41) is 2.66. The smallest absolute Gasteiger partial charge is 0.292 e. The van der Waals surface area contributed by atoms with E-state index in [4.69, 9.17) is 4.42 Å². The second-order valence-electron chi connectivity index (χ2n) is 4.85. The molecule has 0 fully saturated rings. The molecule has 0 aliphatic rings. The van der Waals surface area contributed by atoms with E-state index in [1.165, 1.54) is 12.1 Å². The first-order chi connectivity index (χ1) is 10.6. The lowest BCUT2D eigenvalue weighted by molar-refractivity contribution is 0.0997. The van der Waals surface area contributed by atoms with Crippen molar-refractivity contribution in [3.8, 4) is 11.3 Å². The van der Waals surface area contributed by atoms with Crippen LogP contribution in [0, 0.1) is 12.7 Å². The summed E-state index contributed by atoms with van der Waals surface area (Å²) in [6.07, 6.45) is 1.67. The zero-order valence-electron chi connectivity index (χ0n) is 11.8. The van der Waals surface area contributed by atoms with Gasteiger partial charge in [-0.1, -0.05) is 6.07 Å². The minimum atomic E-state index is -0.385. The van der Waals surface area contributed by atoms with E-state index in [2.05, 4.69) is 10.3 Å². The van der Waals surface area contributed by atoms with Gasteiger partial charge in [-0.3, -0.25) is 4.79 Å². The Bertz CT molecular complexity index is 792. The summed E-state index contributed by atoms with van der Waals surface area (Å²) in [5.74, 6) is 0.419. The van der Waals surface area contributed by atoms with Crippen LogP contribution in [0.4, 0.5) is 10.2 Å². The summed E-state index contributed by atoms with van der Waals surface area (Å²) in [6, 6.07) is 12.7. The minimum Gasteiger partial charge on any atom is -0.451 e. The first-order valence-corrected chi connectivity index (χ1v) is 6.71. The molecule has 3 aromatic rings. The standard InChI is InChI=1S/C17H13FN2O2/c1-11-2-9-16(19-10-11)20-17(21)15-8-7-14(22-15)12-3-5-13(18)6-4-12/h2-10H,1H3,(H,19,20,21). The van der Waals surface area contributed by atoms with Gasteiger partial charge in [-0.05, 0) is 55.0 Å². The van der Waals surface area contributed by atoms with Gasteiger partial charge in [-0.2, -0.15) is 0 Å². The summed E-state index contributed by atoms with van der Waals surface area (Å²) >= 11 is 0. The molecule has 0 aliphatic heterocycles. The maximum absolute atomic E-state index is 12.9. The van der Waals surface area contributed by atoms with Gasteiger partial charge in [0, 0.05) is 11.8 Å². The third-order valence-electron chi connectivity index (χ3n) is 3.11. The highest BCUT2D eigenvalue weighted by molar-refractivity contribution is 6.02. The Hall–Kier alpha value is -2.95. The summed E-state index contributed by atoms with van der Waals surface area (Å²) in [6.45, 7) is 1.92. The fourth-order valence-electron chi connectivity index (χ4n) is 1.95. The van der Waals surface area contributed by atoms with Crippen LogP contribution in [0.1, 0.15) is 16.1 Å². The van der Waals surface area contributed by atoms with E-state index >= 15 is 0 Å². The Kier molecular flexibility index (Phi) is 3.70. The van der Waals surface area contributed by atoms with Gasteiger partial charge in [0.2, 0.25) is 0 Å². The summed E-state index contributed by atoms with van der Waals surface area (Å²) in [5.41, 5.74) is 1.71. The molecular formula is C17H13FN2O2. The number of furan rings is 1. The van der Waals surface area contributed by atoms with Crippen molar-refractivity contribution in [3.05, 3.63) is 71.9 Å². The highest BCUT2D eigenvalue weighted by atomic mass is 19.1. The maximum atomic E-state index is 12.9. The quantitative estimate of drug-likeness (QED) is 0.793. The SMILES string of the molecule is Cc1ccc(NC(=O)c2ccc(-c3ccc(F)cc3)o2)nc1. The van der Waals surface area contributed by atoms with E-state index < -0.39 is 0 Å². The number of aromatic nitrogens is 1. The highest BCUT2D eigenvalue weighted by Gasteiger charge is 2.13. The molecule has 0 saturated carbocycles. The molecule has 2 heterocycles. The molecule has 1 N–H and O–H groups in total. The third-order valence-corrected chi connectivity index (χ3v) is 3.11. The second-order valence-corrected chi connectivity index (χ2v) is 4.85. The van der Waals surface area contributed by atoms with Crippen LogP contribution in [0.25, 0.3) is 11.3 Å². The predicted molar refractivity (Wildman–Crippen MR) is 81.0 cm³/mol. The molecule has 0 aliphatic carbocycles. The molecule has 0 atom stereocenters. The number of aryl methyl sites for hydroxylation is 1. The van der Waals surface area contributed by atoms with E-state index in [0.29, 0.717) is 17.1 Å². The molecule has 0 saturated heterocycles. The number of carbonyl (C=O) groups excluding carboxylic acids is 1. The van der Waals surface area contributed by atoms with Crippen molar-refractivity contribution in [3.63, 3.8) is 0 Å². The lowest BCUT2D eigenvalue weighted by Gasteiger charge is -2.02. The number of nitrogens with one attached hydrogen (secondary N) is 1. The number of benzene rings is 1. The van der Waals surface area contributed by atoms with Gasteiger partial charge >= 0.3 is 0 Å². The van der Waals surface area contributed by atoms with E-state index in [1.54, 1.807) is 36.5 Å². The van der Waals surface area contributed by atoms with Crippen LogP contribution in [0.15, 0.2) is 59.1 Å². The Balaban J connectivity index is 1.76. The summed E-state index contributed by atoms with van der Waals surface area (Å²) in [4.78, 5) is 16.2. The fraction of sp³-hybridized carbons (Fsp3) is 0.0588. The van der Waals surface area contributed by atoms with Crippen LogP contribution >= 0.6 is 0 Å². The number of hydrogen-bond donors (Lipinski definition) is 1. The number of carbonyl (C=O) groups is 1. The van der Waals surface area contributed by atoms with Crippen molar-refractivity contribution >= 4 is 11.7 Å². The van der Waals surface area contributed by atoms with Gasteiger partial charge in [-0.15, -0.1) is 0 Å². The number of pyridine rings is 1. The van der Waals surface area contributed by atoms with Crippen molar-refractivity contribution in [1.29, 1.82) is 0 Å². The summed E-state index contributed by atoms with van der Waals surface area (Å²) < 4.78 is 18.4. The molecule has 4 nitrogen and oxygen atoms in total. The largest absolute Gasteiger partial charge is 0.451 e. The van der Waals surface area contributed by atoms with E-state index in [0.717, 1.165) is 5.56 Å². The van der Waals surface area contributed by atoms with Crippen molar-refractivity contribution in [2.75, 3.05) is 5.32 Å². The van der Waals surface area contributed by atoms with Crippen molar-refractivity contribution in [1.82, 2.24) is 4.98 Å². The number of amides is 1. The Morgan fingerprint density at radius 1 is 1.09 bits per heavy atom. The molecule has 110 valence electrons. The molecule has 0 spiro atoms. The second kappa shape index (κ2) is 5.81. The number of hydrogen-bond acceptors (Lipinski definition) is 3. The molecule has 0 unspecified atom stereocenters. The number of rotatable bonds is 3. The van der Waals surface area contributed by atoms with Crippen molar-refractivity contribution < 1.29 is 13.6 Å². The van der Waals surface area contributed by atoms with E-state index in [1.807, 2.05) is 13.0 Å². The van der Waals surface area contributed by atoms with Gasteiger partial charge in [0.25, 0.3) is 5.91 Å². The van der Waals surface area contributed by atoms with Gasteiger partial charge in [0.1, 0.15) is 17.4 Å². The van der Waals surface area contributed by atoms with Crippen LogP contribution < -0.4 is 5.32 Å². The number of halogens is 1. The Labute approximate surface area is 126 Å². The number of anilines is 1. The molecule has 0 bridgehead atoms. The molecule has 22 heavy (non-hydrogen) atoms. The molecule has 1 aromatic carbocycles. The average Bonchev–Trinajstić information content (AvgIpc) is 3.00. The first kappa shape index (κ1) is 14.0. The van der Waals surface area contributed by atoms with Crippen molar-refractivity contribution in [2.45, 2.75) is 6.92 Å². The lowest BCUT2D eigenvalue weighted by atomic mass is 10.2. The number of nitrogens with zero attached hydrogens (tertiary/aromatic N) is 1. The molecule has 3 rings (SSSR count). The Morgan fingerprint density at radius 2 is 1.86 bits per heavy atom. The van der Waals surface area contributed by atoms with E-state index in [9.17, 15) is 9.18 Å². The van der Waals surface area contributed by atoms with Crippen LogP contribution in [-0.2, 0) is 0 Å². The molecule has 0 radical (unpaired) electrons. The van der Waals surface area contributed by atoms with Gasteiger partial charge in [0.15, 0.2) is 5.76 Å². The Morgan fingerprint density at radius 3 is 2.55 bits per heavy atom. The summed E-state index contributed by atoms with van der Waals surface area (Å²) in [7, 11) is 0. The van der Waals surface area contributed by atoms with Crippen molar-refractivity contribution in [2.24, 2.45) is 0 Å². The first-order valence-electron chi connectivity index (χ1n) is 6.71. The molecule has 2 aromatic heterocycles. The topological polar surface area (TPSA) is 55.1 Å². The normalized spacial score (nSPS) is 10.5. The third kappa shape index (κ3) is 3.03. The fourth-order valence-corrected chi connectivity index (χ4v) is 1.95. The molecular weight excluding hydrogens is 283 g/mol.